The number of ether oxygens (including phenoxy) is 1. The molecule has 1 aromatic carbocycles. The van der Waals surface area contributed by atoms with Crippen molar-refractivity contribution in [2.75, 3.05) is 13.7 Å². The van der Waals surface area contributed by atoms with E-state index < -0.39 is 11.8 Å². The number of carbonyl (C=O) groups is 1. The minimum Gasteiger partial charge on any atom is -0.465 e. The van der Waals surface area contributed by atoms with E-state index in [4.69, 9.17) is 5.11 Å². The Labute approximate surface area is 99.4 Å². The SMILES string of the molecule is COC(=O)c1ccc(CNC(C)CO)cc1F. The van der Waals surface area contributed by atoms with Gasteiger partial charge < -0.3 is 15.2 Å². The van der Waals surface area contributed by atoms with Crippen LogP contribution in [0.5, 0.6) is 0 Å². The summed E-state index contributed by atoms with van der Waals surface area (Å²) in [4.78, 5) is 11.1. The molecule has 1 rings (SSSR count). The fraction of sp³-hybridized carbons (Fsp3) is 0.417. The Morgan fingerprint density at radius 1 is 1.59 bits per heavy atom. The number of hydrogen-bond acceptors (Lipinski definition) is 4. The van der Waals surface area contributed by atoms with Gasteiger partial charge in [-0.15, -0.1) is 0 Å². The molecule has 94 valence electrons. The molecule has 0 saturated heterocycles. The van der Waals surface area contributed by atoms with E-state index in [0.717, 1.165) is 0 Å². The zero-order valence-electron chi connectivity index (χ0n) is 9.87. The summed E-state index contributed by atoms with van der Waals surface area (Å²) in [5.74, 6) is -1.29. The molecule has 17 heavy (non-hydrogen) atoms. The number of halogens is 1. The number of benzene rings is 1. The number of methoxy groups -OCH3 is 1. The quantitative estimate of drug-likeness (QED) is 0.757. The monoisotopic (exact) mass is 241 g/mol. The molecule has 1 unspecified atom stereocenters. The summed E-state index contributed by atoms with van der Waals surface area (Å²) in [5, 5.41) is 11.8. The Bertz CT molecular complexity index is 395. The number of esters is 1. The van der Waals surface area contributed by atoms with Gasteiger partial charge in [-0.1, -0.05) is 6.07 Å². The van der Waals surface area contributed by atoms with E-state index >= 15 is 0 Å². The summed E-state index contributed by atoms with van der Waals surface area (Å²) in [6.45, 7) is 2.27. The lowest BCUT2D eigenvalue weighted by Crippen LogP contribution is -2.28. The molecule has 0 amide bonds. The predicted molar refractivity (Wildman–Crippen MR) is 61.1 cm³/mol. The molecule has 0 aromatic heterocycles. The lowest BCUT2D eigenvalue weighted by atomic mass is 10.1. The summed E-state index contributed by atoms with van der Waals surface area (Å²) < 4.78 is 18.0. The van der Waals surface area contributed by atoms with Gasteiger partial charge in [-0.25, -0.2) is 9.18 Å². The van der Waals surface area contributed by atoms with Gasteiger partial charge in [0.1, 0.15) is 5.82 Å². The Balaban J connectivity index is 2.72. The minimum atomic E-state index is -0.689. The molecule has 0 radical (unpaired) electrons. The van der Waals surface area contributed by atoms with Crippen LogP contribution in [0, 0.1) is 5.82 Å². The van der Waals surface area contributed by atoms with Crippen LogP contribution in [-0.4, -0.2) is 30.8 Å². The number of aliphatic hydroxyl groups excluding tert-OH is 1. The Morgan fingerprint density at radius 3 is 2.82 bits per heavy atom. The Morgan fingerprint density at radius 2 is 2.29 bits per heavy atom. The molecule has 2 N–H and O–H groups in total. The average Bonchev–Trinajstić information content (AvgIpc) is 2.35. The second-order valence-electron chi connectivity index (χ2n) is 3.77. The van der Waals surface area contributed by atoms with Crippen molar-refractivity contribution in [2.24, 2.45) is 0 Å². The van der Waals surface area contributed by atoms with Crippen molar-refractivity contribution in [1.29, 1.82) is 0 Å². The molecule has 0 aliphatic rings. The van der Waals surface area contributed by atoms with Gasteiger partial charge in [0.2, 0.25) is 0 Å². The van der Waals surface area contributed by atoms with Gasteiger partial charge >= 0.3 is 5.97 Å². The van der Waals surface area contributed by atoms with Gasteiger partial charge in [0.25, 0.3) is 0 Å². The third-order valence-corrected chi connectivity index (χ3v) is 2.37. The predicted octanol–water partition coefficient (Wildman–Crippen LogP) is 1.08. The van der Waals surface area contributed by atoms with Crippen LogP contribution in [0.3, 0.4) is 0 Å². The van der Waals surface area contributed by atoms with E-state index in [1.807, 2.05) is 6.92 Å². The van der Waals surface area contributed by atoms with Crippen molar-refractivity contribution in [3.8, 4) is 0 Å². The number of hydrogen-bond donors (Lipinski definition) is 2. The number of nitrogens with one attached hydrogen (secondary N) is 1. The van der Waals surface area contributed by atoms with Crippen molar-refractivity contribution < 1.29 is 19.0 Å². The van der Waals surface area contributed by atoms with Crippen molar-refractivity contribution in [3.63, 3.8) is 0 Å². The van der Waals surface area contributed by atoms with Crippen LogP contribution >= 0.6 is 0 Å². The van der Waals surface area contributed by atoms with Crippen LogP contribution in [-0.2, 0) is 11.3 Å². The zero-order chi connectivity index (χ0) is 12.8. The molecule has 0 saturated carbocycles. The molecule has 0 bridgehead atoms. The van der Waals surface area contributed by atoms with Crippen LogP contribution in [0.25, 0.3) is 0 Å². The third-order valence-electron chi connectivity index (χ3n) is 2.37. The van der Waals surface area contributed by atoms with E-state index in [1.165, 1.54) is 19.2 Å². The second-order valence-corrected chi connectivity index (χ2v) is 3.77. The summed E-state index contributed by atoms with van der Waals surface area (Å²) in [7, 11) is 1.21. The largest absolute Gasteiger partial charge is 0.465 e. The summed E-state index contributed by atoms with van der Waals surface area (Å²) in [6, 6.07) is 4.26. The first kappa shape index (κ1) is 13.6. The first-order chi connectivity index (χ1) is 8.08. The van der Waals surface area contributed by atoms with Crippen molar-refractivity contribution in [1.82, 2.24) is 5.32 Å². The van der Waals surface area contributed by atoms with Gasteiger partial charge in [-0.3, -0.25) is 0 Å². The highest BCUT2D eigenvalue weighted by atomic mass is 19.1. The van der Waals surface area contributed by atoms with Crippen LogP contribution in [0.1, 0.15) is 22.8 Å². The van der Waals surface area contributed by atoms with Gasteiger partial charge in [-0.05, 0) is 24.6 Å². The molecule has 4 nitrogen and oxygen atoms in total. The lowest BCUT2D eigenvalue weighted by Gasteiger charge is -2.11. The molecule has 1 atom stereocenters. The normalized spacial score (nSPS) is 12.2. The Kier molecular flexibility index (Phi) is 5.06. The van der Waals surface area contributed by atoms with Crippen LogP contribution in [0.2, 0.25) is 0 Å². The van der Waals surface area contributed by atoms with Gasteiger partial charge in [-0.2, -0.15) is 0 Å². The molecule has 0 heterocycles. The minimum absolute atomic E-state index is 0.0166. The maximum absolute atomic E-state index is 13.5. The highest BCUT2D eigenvalue weighted by Crippen LogP contribution is 2.11. The van der Waals surface area contributed by atoms with Crippen molar-refractivity contribution >= 4 is 5.97 Å². The molecule has 0 fully saturated rings. The zero-order valence-corrected chi connectivity index (χ0v) is 9.87. The average molecular weight is 241 g/mol. The number of aliphatic hydroxyl groups is 1. The van der Waals surface area contributed by atoms with E-state index in [2.05, 4.69) is 10.1 Å². The standard InChI is InChI=1S/C12H16FNO3/c1-8(7-15)14-6-9-3-4-10(11(13)5-9)12(16)17-2/h3-5,8,14-15H,6-7H2,1-2H3. The molecule has 1 aromatic rings. The molecule has 0 spiro atoms. The molecular weight excluding hydrogens is 225 g/mol. The molecule has 0 aliphatic heterocycles. The highest BCUT2D eigenvalue weighted by Gasteiger charge is 2.12. The van der Waals surface area contributed by atoms with Crippen LogP contribution in [0.4, 0.5) is 4.39 Å². The second kappa shape index (κ2) is 6.32. The van der Waals surface area contributed by atoms with E-state index in [-0.39, 0.29) is 18.2 Å². The van der Waals surface area contributed by atoms with Gasteiger partial charge in [0, 0.05) is 12.6 Å². The molecular formula is C12H16FNO3. The maximum Gasteiger partial charge on any atom is 0.340 e. The first-order valence-corrected chi connectivity index (χ1v) is 5.29. The fourth-order valence-corrected chi connectivity index (χ4v) is 1.30. The molecule has 0 aliphatic carbocycles. The lowest BCUT2D eigenvalue weighted by molar-refractivity contribution is 0.0595. The summed E-state index contributed by atoms with van der Waals surface area (Å²) in [6.07, 6.45) is 0. The van der Waals surface area contributed by atoms with E-state index in [9.17, 15) is 9.18 Å². The van der Waals surface area contributed by atoms with Crippen molar-refractivity contribution in [2.45, 2.75) is 19.5 Å². The summed E-state index contributed by atoms with van der Waals surface area (Å²) in [5.41, 5.74) is 0.627. The van der Waals surface area contributed by atoms with Crippen molar-refractivity contribution in [3.05, 3.63) is 35.1 Å². The van der Waals surface area contributed by atoms with E-state index in [1.54, 1.807) is 6.07 Å². The topological polar surface area (TPSA) is 58.6 Å². The number of carbonyl (C=O) groups excluding carboxylic acids is 1. The molecule has 5 heteroatoms. The van der Waals surface area contributed by atoms with Gasteiger partial charge in [0.15, 0.2) is 0 Å². The summed E-state index contributed by atoms with van der Waals surface area (Å²) >= 11 is 0. The van der Waals surface area contributed by atoms with Gasteiger partial charge in [0.05, 0.1) is 19.3 Å². The Hall–Kier alpha value is -1.46. The first-order valence-electron chi connectivity index (χ1n) is 5.29. The third kappa shape index (κ3) is 3.80. The van der Waals surface area contributed by atoms with Crippen LogP contribution < -0.4 is 5.32 Å². The number of rotatable bonds is 5. The maximum atomic E-state index is 13.5. The highest BCUT2D eigenvalue weighted by molar-refractivity contribution is 5.89. The van der Waals surface area contributed by atoms with E-state index in [0.29, 0.717) is 12.1 Å². The smallest absolute Gasteiger partial charge is 0.340 e. The van der Waals surface area contributed by atoms with Crippen LogP contribution in [0.15, 0.2) is 18.2 Å². The fourth-order valence-electron chi connectivity index (χ4n) is 1.30.